The predicted octanol–water partition coefficient (Wildman–Crippen LogP) is 5.94. The number of anilines is 1. The molecular weight excluding hydrogens is 360 g/mol. The topological polar surface area (TPSA) is 58.6 Å². The molecule has 1 rings (SSSR count). The van der Waals surface area contributed by atoms with Crippen LogP contribution in [-0.2, 0) is 4.74 Å². The summed E-state index contributed by atoms with van der Waals surface area (Å²) in [5.74, 6) is 1.15. The number of nitrogens with one attached hydrogen (secondary N) is 1. The van der Waals surface area contributed by atoms with Crippen LogP contribution >= 0.6 is 11.3 Å². The first-order valence-electron chi connectivity index (χ1n) is 9.78. The number of rotatable bonds is 8. The van der Waals surface area contributed by atoms with Gasteiger partial charge in [0.2, 0.25) is 0 Å². The van der Waals surface area contributed by atoms with Crippen LogP contribution in [0, 0.1) is 18.8 Å². The van der Waals surface area contributed by atoms with Gasteiger partial charge in [0.05, 0.1) is 9.88 Å². The van der Waals surface area contributed by atoms with Crippen molar-refractivity contribution < 1.29 is 14.3 Å². The molecule has 0 saturated heterocycles. The first kappa shape index (κ1) is 23.5. The van der Waals surface area contributed by atoms with E-state index in [9.17, 15) is 9.59 Å². The van der Waals surface area contributed by atoms with Gasteiger partial charge in [-0.3, -0.25) is 10.1 Å². The van der Waals surface area contributed by atoms with Gasteiger partial charge >= 0.3 is 6.09 Å². The fourth-order valence-electron chi connectivity index (χ4n) is 2.45. The molecule has 0 saturated carbocycles. The molecule has 1 aromatic rings. The first-order chi connectivity index (χ1) is 12.4. The average molecular weight is 397 g/mol. The number of amides is 2. The Morgan fingerprint density at radius 3 is 2.07 bits per heavy atom. The summed E-state index contributed by atoms with van der Waals surface area (Å²) in [4.78, 5) is 27.7. The van der Waals surface area contributed by atoms with E-state index in [1.165, 1.54) is 11.3 Å². The van der Waals surface area contributed by atoms with Crippen molar-refractivity contribution in [2.45, 2.75) is 73.8 Å². The number of hydrogen-bond acceptors (Lipinski definition) is 4. The van der Waals surface area contributed by atoms with Gasteiger partial charge in [-0.05, 0) is 64.0 Å². The van der Waals surface area contributed by atoms with E-state index in [1.54, 1.807) is 0 Å². The van der Waals surface area contributed by atoms with Crippen LogP contribution in [-0.4, -0.2) is 35.6 Å². The van der Waals surface area contributed by atoms with E-state index in [2.05, 4.69) is 33.0 Å². The Labute approximate surface area is 168 Å². The van der Waals surface area contributed by atoms with Gasteiger partial charge < -0.3 is 9.64 Å². The van der Waals surface area contributed by atoms with Gasteiger partial charge in [-0.2, -0.15) is 0 Å². The van der Waals surface area contributed by atoms with E-state index >= 15 is 0 Å². The van der Waals surface area contributed by atoms with Crippen LogP contribution in [0.5, 0.6) is 0 Å². The van der Waals surface area contributed by atoms with Gasteiger partial charge in [0.1, 0.15) is 5.60 Å². The smallest absolute Gasteiger partial charge is 0.412 e. The SMILES string of the molecule is Cc1cc(NC(=O)OC(C)(C)C)sc1C(=O)N(CCC(C)C)CCC(C)C. The molecule has 0 aliphatic carbocycles. The zero-order valence-corrected chi connectivity index (χ0v) is 19.0. The van der Waals surface area contributed by atoms with Crippen LogP contribution in [0.25, 0.3) is 0 Å². The molecule has 0 atom stereocenters. The van der Waals surface area contributed by atoms with Crippen molar-refractivity contribution in [2.24, 2.45) is 11.8 Å². The Balaban J connectivity index is 2.89. The van der Waals surface area contributed by atoms with Crippen molar-refractivity contribution in [3.63, 3.8) is 0 Å². The highest BCUT2D eigenvalue weighted by Crippen LogP contribution is 2.29. The molecule has 6 heteroatoms. The van der Waals surface area contributed by atoms with Gasteiger partial charge in [0.15, 0.2) is 0 Å². The number of ether oxygens (including phenoxy) is 1. The standard InChI is InChI=1S/C21H36N2O3S/c1-14(2)9-11-23(12-10-15(3)4)19(24)18-16(5)13-17(27-18)22-20(25)26-21(6,7)8/h13-15H,9-12H2,1-8H3,(H,22,25). The van der Waals surface area contributed by atoms with Crippen LogP contribution in [0.4, 0.5) is 9.80 Å². The maximum atomic E-state index is 13.1. The number of aryl methyl sites for hydroxylation is 1. The molecular formula is C21H36N2O3S. The molecule has 0 aliphatic heterocycles. The second kappa shape index (κ2) is 10.1. The largest absolute Gasteiger partial charge is 0.444 e. The molecule has 0 bridgehead atoms. The Bertz CT molecular complexity index is 618. The second-order valence-electron chi connectivity index (χ2n) is 8.91. The zero-order chi connectivity index (χ0) is 20.8. The van der Waals surface area contributed by atoms with Crippen molar-refractivity contribution in [1.29, 1.82) is 0 Å². The summed E-state index contributed by atoms with van der Waals surface area (Å²) in [6.07, 6.45) is 1.47. The van der Waals surface area contributed by atoms with Gasteiger partial charge in [-0.15, -0.1) is 11.3 Å². The lowest BCUT2D eigenvalue weighted by atomic mass is 10.1. The van der Waals surface area contributed by atoms with E-state index in [0.717, 1.165) is 31.5 Å². The molecule has 2 amide bonds. The monoisotopic (exact) mass is 396 g/mol. The summed E-state index contributed by atoms with van der Waals surface area (Å²) in [5.41, 5.74) is 0.328. The molecule has 154 valence electrons. The third kappa shape index (κ3) is 8.78. The van der Waals surface area contributed by atoms with Crippen molar-refractivity contribution >= 4 is 28.3 Å². The van der Waals surface area contributed by atoms with Crippen LogP contribution in [0.3, 0.4) is 0 Å². The number of hydrogen-bond donors (Lipinski definition) is 1. The normalized spacial score (nSPS) is 11.8. The molecule has 0 spiro atoms. The lowest BCUT2D eigenvalue weighted by Gasteiger charge is -2.24. The van der Waals surface area contributed by atoms with Crippen LogP contribution in [0.2, 0.25) is 0 Å². The third-order valence-corrected chi connectivity index (χ3v) is 5.12. The molecule has 0 aliphatic rings. The van der Waals surface area contributed by atoms with Crippen LogP contribution in [0.15, 0.2) is 6.07 Å². The third-order valence-electron chi connectivity index (χ3n) is 3.98. The minimum Gasteiger partial charge on any atom is -0.444 e. The Morgan fingerprint density at radius 1 is 1.11 bits per heavy atom. The predicted molar refractivity (Wildman–Crippen MR) is 114 cm³/mol. The zero-order valence-electron chi connectivity index (χ0n) is 18.1. The van der Waals surface area contributed by atoms with Gasteiger partial charge in [0.25, 0.3) is 5.91 Å². The molecule has 0 radical (unpaired) electrons. The Hall–Kier alpha value is -1.56. The van der Waals surface area contributed by atoms with Crippen LogP contribution < -0.4 is 5.32 Å². The molecule has 27 heavy (non-hydrogen) atoms. The summed E-state index contributed by atoms with van der Waals surface area (Å²) in [6, 6.07) is 1.84. The van der Waals surface area contributed by atoms with Crippen molar-refractivity contribution in [3.05, 3.63) is 16.5 Å². The molecule has 0 fully saturated rings. The number of carbonyl (C=O) groups excluding carboxylic acids is 2. The summed E-state index contributed by atoms with van der Waals surface area (Å²) in [5, 5.41) is 3.38. The van der Waals surface area contributed by atoms with Gasteiger partial charge in [-0.25, -0.2) is 4.79 Å². The van der Waals surface area contributed by atoms with Crippen molar-refractivity contribution in [2.75, 3.05) is 18.4 Å². The molecule has 1 aromatic heterocycles. The van der Waals surface area contributed by atoms with E-state index in [4.69, 9.17) is 4.74 Å². The summed E-state index contributed by atoms with van der Waals surface area (Å²) in [6.45, 7) is 17.6. The quantitative estimate of drug-likeness (QED) is 0.592. The number of thiophene rings is 1. The van der Waals surface area contributed by atoms with Gasteiger partial charge in [0, 0.05) is 13.1 Å². The van der Waals surface area contributed by atoms with E-state index in [0.29, 0.717) is 21.7 Å². The number of nitrogens with zero attached hydrogens (tertiary/aromatic N) is 1. The highest BCUT2D eigenvalue weighted by atomic mass is 32.1. The highest BCUT2D eigenvalue weighted by molar-refractivity contribution is 7.18. The fourth-order valence-corrected chi connectivity index (χ4v) is 3.47. The van der Waals surface area contributed by atoms with Gasteiger partial charge in [-0.1, -0.05) is 27.7 Å². The van der Waals surface area contributed by atoms with Crippen molar-refractivity contribution in [3.8, 4) is 0 Å². The average Bonchev–Trinajstić information content (AvgIpc) is 2.84. The molecule has 0 unspecified atom stereocenters. The lowest BCUT2D eigenvalue weighted by Crippen LogP contribution is -2.34. The molecule has 5 nitrogen and oxygen atoms in total. The minimum atomic E-state index is -0.556. The van der Waals surface area contributed by atoms with Crippen LogP contribution in [0.1, 0.15) is 76.5 Å². The second-order valence-corrected chi connectivity index (χ2v) is 9.96. The number of carbonyl (C=O) groups is 2. The Kier molecular flexibility index (Phi) is 8.79. The maximum absolute atomic E-state index is 13.1. The Morgan fingerprint density at radius 2 is 1.63 bits per heavy atom. The summed E-state index contributed by atoms with van der Waals surface area (Å²) < 4.78 is 5.29. The maximum Gasteiger partial charge on any atom is 0.412 e. The minimum absolute atomic E-state index is 0.0519. The summed E-state index contributed by atoms with van der Waals surface area (Å²) in [7, 11) is 0. The molecule has 1 N–H and O–H groups in total. The van der Waals surface area contributed by atoms with E-state index < -0.39 is 11.7 Å². The molecule has 0 aromatic carbocycles. The fraction of sp³-hybridized carbons (Fsp3) is 0.714. The highest BCUT2D eigenvalue weighted by Gasteiger charge is 2.22. The first-order valence-corrected chi connectivity index (χ1v) is 10.6. The summed E-state index contributed by atoms with van der Waals surface area (Å²) >= 11 is 1.32. The van der Waals surface area contributed by atoms with E-state index in [1.807, 2.05) is 38.7 Å². The van der Waals surface area contributed by atoms with Crippen molar-refractivity contribution in [1.82, 2.24) is 4.90 Å². The lowest BCUT2D eigenvalue weighted by molar-refractivity contribution is 0.0635. The van der Waals surface area contributed by atoms with E-state index in [-0.39, 0.29) is 5.91 Å². The molecule has 1 heterocycles.